The van der Waals surface area contributed by atoms with E-state index in [2.05, 4.69) is 0 Å². The molecule has 3 rings (SSSR count). The number of hydrogen-bond donors (Lipinski definition) is 0. The normalized spacial score (nSPS) is 26.8. The molecule has 3 heteroatoms. The second kappa shape index (κ2) is 4.94. The van der Waals surface area contributed by atoms with Crippen molar-refractivity contribution in [3.05, 3.63) is 42.0 Å². The standard InChI is InChI=1S/C15H17NO2/c17-15(7-6-12-4-2-1-3-5-12)16-8-13-10-18-11-14(13)9-16/h1-7,13-14H,8-11H2/b7-6+. The number of rotatable bonds is 2. The summed E-state index contributed by atoms with van der Waals surface area (Å²) >= 11 is 0. The predicted octanol–water partition coefficient (Wildman–Crippen LogP) is 1.80. The van der Waals surface area contributed by atoms with Gasteiger partial charge in [0.05, 0.1) is 13.2 Å². The molecular formula is C15H17NO2. The van der Waals surface area contributed by atoms with Crippen molar-refractivity contribution in [1.29, 1.82) is 0 Å². The zero-order chi connectivity index (χ0) is 12.4. The molecule has 2 fully saturated rings. The van der Waals surface area contributed by atoms with E-state index in [0.29, 0.717) is 11.8 Å². The van der Waals surface area contributed by atoms with Crippen LogP contribution >= 0.6 is 0 Å². The lowest BCUT2D eigenvalue weighted by Crippen LogP contribution is -2.28. The molecular weight excluding hydrogens is 226 g/mol. The Bertz CT molecular complexity index is 443. The quantitative estimate of drug-likeness (QED) is 0.741. The van der Waals surface area contributed by atoms with Crippen LogP contribution in [0.15, 0.2) is 36.4 Å². The molecule has 2 unspecified atom stereocenters. The van der Waals surface area contributed by atoms with Gasteiger partial charge in [-0.2, -0.15) is 0 Å². The minimum absolute atomic E-state index is 0.119. The van der Waals surface area contributed by atoms with Crippen LogP contribution in [0, 0.1) is 11.8 Å². The van der Waals surface area contributed by atoms with Crippen LogP contribution in [0.5, 0.6) is 0 Å². The maximum Gasteiger partial charge on any atom is 0.246 e. The number of carbonyl (C=O) groups excluding carboxylic acids is 1. The summed E-state index contributed by atoms with van der Waals surface area (Å²) in [5, 5.41) is 0. The molecule has 2 heterocycles. The number of fused-ring (bicyclic) bond motifs is 1. The zero-order valence-corrected chi connectivity index (χ0v) is 10.3. The van der Waals surface area contributed by atoms with Gasteiger partial charge in [0.15, 0.2) is 0 Å². The summed E-state index contributed by atoms with van der Waals surface area (Å²) in [4.78, 5) is 14.0. The summed E-state index contributed by atoms with van der Waals surface area (Å²) in [5.74, 6) is 1.23. The first kappa shape index (κ1) is 11.5. The highest BCUT2D eigenvalue weighted by Crippen LogP contribution is 2.29. The fourth-order valence-corrected chi connectivity index (χ4v) is 2.70. The van der Waals surface area contributed by atoms with Crippen LogP contribution < -0.4 is 0 Å². The Balaban J connectivity index is 1.61. The van der Waals surface area contributed by atoms with Gasteiger partial charge in [0, 0.05) is 31.0 Å². The van der Waals surface area contributed by atoms with Crippen LogP contribution in [0.2, 0.25) is 0 Å². The minimum Gasteiger partial charge on any atom is -0.381 e. The van der Waals surface area contributed by atoms with Crippen molar-refractivity contribution in [3.63, 3.8) is 0 Å². The van der Waals surface area contributed by atoms with Crippen molar-refractivity contribution in [1.82, 2.24) is 4.90 Å². The molecule has 94 valence electrons. The summed E-state index contributed by atoms with van der Waals surface area (Å²) in [6.07, 6.45) is 3.56. The van der Waals surface area contributed by atoms with Gasteiger partial charge < -0.3 is 9.64 Å². The number of likely N-dealkylation sites (tertiary alicyclic amines) is 1. The second-order valence-electron chi connectivity index (χ2n) is 5.04. The molecule has 2 aliphatic rings. The van der Waals surface area contributed by atoms with Gasteiger partial charge in [0.25, 0.3) is 0 Å². The van der Waals surface area contributed by atoms with Gasteiger partial charge in [-0.1, -0.05) is 30.3 Å². The first-order valence-electron chi connectivity index (χ1n) is 6.43. The van der Waals surface area contributed by atoms with Crippen LogP contribution in [0.25, 0.3) is 6.08 Å². The molecule has 0 bridgehead atoms. The lowest BCUT2D eigenvalue weighted by Gasteiger charge is -2.14. The average Bonchev–Trinajstić information content (AvgIpc) is 2.98. The van der Waals surface area contributed by atoms with Gasteiger partial charge in [-0.05, 0) is 11.6 Å². The molecule has 2 aliphatic heterocycles. The number of nitrogens with zero attached hydrogens (tertiary/aromatic N) is 1. The minimum atomic E-state index is 0.119. The topological polar surface area (TPSA) is 29.5 Å². The van der Waals surface area contributed by atoms with Gasteiger partial charge >= 0.3 is 0 Å². The van der Waals surface area contributed by atoms with Gasteiger partial charge in [-0.25, -0.2) is 0 Å². The molecule has 0 spiro atoms. The summed E-state index contributed by atoms with van der Waals surface area (Å²) < 4.78 is 5.41. The Morgan fingerprint density at radius 3 is 2.50 bits per heavy atom. The largest absolute Gasteiger partial charge is 0.381 e. The Kier molecular flexibility index (Phi) is 3.15. The van der Waals surface area contributed by atoms with Gasteiger partial charge in [0.1, 0.15) is 0 Å². The van der Waals surface area contributed by atoms with E-state index >= 15 is 0 Å². The molecule has 18 heavy (non-hydrogen) atoms. The molecule has 0 N–H and O–H groups in total. The van der Waals surface area contributed by atoms with Crippen LogP contribution in [0.1, 0.15) is 5.56 Å². The third-order valence-electron chi connectivity index (χ3n) is 3.77. The SMILES string of the molecule is O=C(/C=C/c1ccccc1)N1CC2COCC2C1. The van der Waals surface area contributed by atoms with Crippen LogP contribution in [0.3, 0.4) is 0 Å². The summed E-state index contributed by atoms with van der Waals surface area (Å²) in [7, 11) is 0. The summed E-state index contributed by atoms with van der Waals surface area (Å²) in [5.41, 5.74) is 1.06. The maximum atomic E-state index is 12.0. The van der Waals surface area contributed by atoms with Crippen molar-refractivity contribution in [2.45, 2.75) is 0 Å². The van der Waals surface area contributed by atoms with E-state index in [4.69, 9.17) is 4.74 Å². The lowest BCUT2D eigenvalue weighted by molar-refractivity contribution is -0.125. The van der Waals surface area contributed by atoms with E-state index in [1.165, 1.54) is 0 Å². The molecule has 1 aromatic rings. The maximum absolute atomic E-state index is 12.0. The fourth-order valence-electron chi connectivity index (χ4n) is 2.70. The van der Waals surface area contributed by atoms with E-state index in [-0.39, 0.29) is 5.91 Å². The molecule has 3 nitrogen and oxygen atoms in total. The third-order valence-corrected chi connectivity index (χ3v) is 3.77. The van der Waals surface area contributed by atoms with Gasteiger partial charge in [-0.3, -0.25) is 4.79 Å². The number of amides is 1. The van der Waals surface area contributed by atoms with Crippen molar-refractivity contribution < 1.29 is 9.53 Å². The molecule has 0 aromatic heterocycles. The monoisotopic (exact) mass is 243 g/mol. The summed E-state index contributed by atoms with van der Waals surface area (Å²) in [6, 6.07) is 9.91. The Labute approximate surface area is 107 Å². The van der Waals surface area contributed by atoms with E-state index in [9.17, 15) is 4.79 Å². The first-order chi connectivity index (χ1) is 8.83. The first-order valence-corrected chi connectivity index (χ1v) is 6.43. The fraction of sp³-hybridized carbons (Fsp3) is 0.400. The molecule has 2 atom stereocenters. The van der Waals surface area contributed by atoms with Crippen molar-refractivity contribution in [3.8, 4) is 0 Å². The van der Waals surface area contributed by atoms with E-state index in [0.717, 1.165) is 31.9 Å². The molecule has 0 aliphatic carbocycles. The van der Waals surface area contributed by atoms with Gasteiger partial charge in [0.2, 0.25) is 5.91 Å². The van der Waals surface area contributed by atoms with Crippen molar-refractivity contribution in [2.75, 3.05) is 26.3 Å². The lowest BCUT2D eigenvalue weighted by atomic mass is 10.0. The highest BCUT2D eigenvalue weighted by atomic mass is 16.5. The van der Waals surface area contributed by atoms with Crippen LogP contribution in [-0.2, 0) is 9.53 Å². The van der Waals surface area contributed by atoms with E-state index < -0.39 is 0 Å². The van der Waals surface area contributed by atoms with E-state index in [1.807, 2.05) is 41.3 Å². The molecule has 1 amide bonds. The van der Waals surface area contributed by atoms with Crippen molar-refractivity contribution in [2.24, 2.45) is 11.8 Å². The number of hydrogen-bond acceptors (Lipinski definition) is 2. The number of carbonyl (C=O) groups is 1. The highest BCUT2D eigenvalue weighted by Gasteiger charge is 2.38. The molecule has 0 radical (unpaired) electrons. The Morgan fingerprint density at radius 1 is 1.17 bits per heavy atom. The van der Waals surface area contributed by atoms with Gasteiger partial charge in [-0.15, -0.1) is 0 Å². The third kappa shape index (κ3) is 2.31. The molecule has 1 aromatic carbocycles. The second-order valence-corrected chi connectivity index (χ2v) is 5.04. The van der Waals surface area contributed by atoms with Crippen LogP contribution in [-0.4, -0.2) is 37.1 Å². The Morgan fingerprint density at radius 2 is 1.83 bits per heavy atom. The number of ether oxygens (including phenoxy) is 1. The Hall–Kier alpha value is -1.61. The average molecular weight is 243 g/mol. The zero-order valence-electron chi connectivity index (χ0n) is 10.3. The van der Waals surface area contributed by atoms with Crippen molar-refractivity contribution >= 4 is 12.0 Å². The summed E-state index contributed by atoms with van der Waals surface area (Å²) in [6.45, 7) is 3.33. The molecule has 2 saturated heterocycles. The predicted molar refractivity (Wildman–Crippen MR) is 69.9 cm³/mol. The highest BCUT2D eigenvalue weighted by molar-refractivity contribution is 5.92. The molecule has 0 saturated carbocycles. The number of benzene rings is 1. The smallest absolute Gasteiger partial charge is 0.246 e. The van der Waals surface area contributed by atoms with Crippen LogP contribution in [0.4, 0.5) is 0 Å². The van der Waals surface area contributed by atoms with E-state index in [1.54, 1.807) is 6.08 Å².